The third-order valence-corrected chi connectivity index (χ3v) is 3.92. The molecule has 2 aromatic heterocycles. The highest BCUT2D eigenvalue weighted by Crippen LogP contribution is 2.27. The molecule has 0 spiro atoms. The summed E-state index contributed by atoms with van der Waals surface area (Å²) in [4.78, 5) is 18.5. The maximum absolute atomic E-state index is 12.8. The number of alkyl halides is 3. The average molecular weight is 315 g/mol. The molecule has 1 saturated heterocycles. The first-order chi connectivity index (χ1) is 10.4. The lowest BCUT2D eigenvalue weighted by Gasteiger charge is -2.39. The number of piperazine rings is 1. The summed E-state index contributed by atoms with van der Waals surface area (Å²) in [6.45, 7) is 2.67. The van der Waals surface area contributed by atoms with Crippen molar-refractivity contribution in [3.63, 3.8) is 0 Å². The number of imidazole rings is 1. The van der Waals surface area contributed by atoms with Crippen LogP contribution in [0.4, 0.5) is 24.9 Å². The zero-order valence-electron chi connectivity index (χ0n) is 11.9. The van der Waals surface area contributed by atoms with Gasteiger partial charge in [-0.15, -0.1) is 0 Å². The molecule has 2 aromatic rings. The van der Waals surface area contributed by atoms with E-state index in [1.165, 1.54) is 18.2 Å². The Balaban J connectivity index is 1.77. The molecule has 0 bridgehead atoms. The fourth-order valence-electron chi connectivity index (χ4n) is 2.59. The fourth-order valence-corrected chi connectivity index (χ4v) is 2.59. The van der Waals surface area contributed by atoms with Crippen molar-refractivity contribution in [3.05, 3.63) is 6.33 Å². The molecule has 3 N–H and O–H groups in total. The third-order valence-electron chi connectivity index (χ3n) is 3.92. The third kappa shape index (κ3) is 2.65. The standard InChI is InChI=1S/C12H16F3N7/c1-7(12(13,14)15)21-2-4-22(5-3-21)10-8-9(18-6-17-8)19-11(16)20-10/h6-7H,2-5H2,1H3,(H3,16,17,18,19,20)/t7-/m0/s1. The van der Waals surface area contributed by atoms with Gasteiger partial charge in [-0.3, -0.25) is 4.90 Å². The number of H-pyrrole nitrogens is 1. The Bertz CT molecular complexity index is 660. The molecule has 0 radical (unpaired) electrons. The monoisotopic (exact) mass is 315 g/mol. The lowest BCUT2D eigenvalue weighted by Crippen LogP contribution is -2.53. The molecule has 22 heavy (non-hydrogen) atoms. The maximum atomic E-state index is 12.8. The van der Waals surface area contributed by atoms with Gasteiger partial charge in [-0.25, -0.2) is 4.98 Å². The van der Waals surface area contributed by atoms with Crippen LogP contribution < -0.4 is 10.6 Å². The minimum Gasteiger partial charge on any atom is -0.368 e. The van der Waals surface area contributed by atoms with Crippen molar-refractivity contribution in [3.8, 4) is 0 Å². The summed E-state index contributed by atoms with van der Waals surface area (Å²) in [7, 11) is 0. The number of hydrogen-bond acceptors (Lipinski definition) is 6. The van der Waals surface area contributed by atoms with Crippen LogP contribution in [0.1, 0.15) is 6.92 Å². The second-order valence-electron chi connectivity index (χ2n) is 5.25. The van der Waals surface area contributed by atoms with E-state index in [2.05, 4.69) is 19.9 Å². The van der Waals surface area contributed by atoms with E-state index >= 15 is 0 Å². The topological polar surface area (TPSA) is 87.0 Å². The number of aromatic nitrogens is 4. The fraction of sp³-hybridized carbons (Fsp3) is 0.583. The van der Waals surface area contributed by atoms with Gasteiger partial charge in [-0.1, -0.05) is 0 Å². The smallest absolute Gasteiger partial charge is 0.368 e. The molecule has 10 heteroatoms. The van der Waals surface area contributed by atoms with Gasteiger partial charge in [0.1, 0.15) is 11.6 Å². The average Bonchev–Trinajstić information content (AvgIpc) is 2.93. The van der Waals surface area contributed by atoms with Crippen molar-refractivity contribution in [2.45, 2.75) is 19.1 Å². The summed E-state index contributed by atoms with van der Waals surface area (Å²) in [5, 5.41) is 0. The number of nitrogens with two attached hydrogens (primary N) is 1. The summed E-state index contributed by atoms with van der Waals surface area (Å²) < 4.78 is 38.3. The summed E-state index contributed by atoms with van der Waals surface area (Å²) in [5.74, 6) is 0.681. The van der Waals surface area contributed by atoms with Crippen molar-refractivity contribution in [1.82, 2.24) is 24.8 Å². The van der Waals surface area contributed by atoms with Crippen LogP contribution in [0.5, 0.6) is 0 Å². The lowest BCUT2D eigenvalue weighted by molar-refractivity contribution is -0.179. The van der Waals surface area contributed by atoms with E-state index in [1.54, 1.807) is 0 Å². The van der Waals surface area contributed by atoms with Gasteiger partial charge < -0.3 is 15.6 Å². The van der Waals surface area contributed by atoms with Gasteiger partial charge in [0.15, 0.2) is 11.5 Å². The quantitative estimate of drug-likeness (QED) is 0.860. The van der Waals surface area contributed by atoms with Gasteiger partial charge in [-0.05, 0) is 6.92 Å². The Hall–Kier alpha value is -2.10. The van der Waals surface area contributed by atoms with Crippen molar-refractivity contribution < 1.29 is 13.2 Å². The molecule has 0 aromatic carbocycles. The normalized spacial score (nSPS) is 18.8. The van der Waals surface area contributed by atoms with Crippen molar-refractivity contribution in [1.29, 1.82) is 0 Å². The molecule has 7 nitrogen and oxygen atoms in total. The second kappa shape index (κ2) is 5.27. The van der Waals surface area contributed by atoms with Gasteiger partial charge in [-0.2, -0.15) is 23.1 Å². The highest BCUT2D eigenvalue weighted by Gasteiger charge is 2.41. The highest BCUT2D eigenvalue weighted by atomic mass is 19.4. The molecular formula is C12H16F3N7. The molecule has 1 fully saturated rings. The number of nitrogens with zero attached hydrogens (tertiary/aromatic N) is 5. The predicted molar refractivity (Wildman–Crippen MR) is 75.4 cm³/mol. The maximum Gasteiger partial charge on any atom is 0.403 e. The van der Waals surface area contributed by atoms with Gasteiger partial charge >= 0.3 is 6.18 Å². The molecule has 1 aliphatic heterocycles. The minimum atomic E-state index is -4.21. The van der Waals surface area contributed by atoms with E-state index in [1.807, 2.05) is 4.90 Å². The van der Waals surface area contributed by atoms with E-state index in [4.69, 9.17) is 5.73 Å². The van der Waals surface area contributed by atoms with Crippen molar-refractivity contribution in [2.24, 2.45) is 0 Å². The molecule has 120 valence electrons. The zero-order valence-corrected chi connectivity index (χ0v) is 11.9. The highest BCUT2D eigenvalue weighted by molar-refractivity contribution is 5.84. The molecule has 0 saturated carbocycles. The molecule has 0 amide bonds. The number of hydrogen-bond donors (Lipinski definition) is 2. The van der Waals surface area contributed by atoms with Gasteiger partial charge in [0.25, 0.3) is 0 Å². The van der Waals surface area contributed by atoms with Crippen molar-refractivity contribution >= 4 is 22.9 Å². The van der Waals surface area contributed by atoms with Crippen LogP contribution in [-0.4, -0.2) is 63.2 Å². The molecule has 3 rings (SSSR count). The Kier molecular flexibility index (Phi) is 3.55. The molecule has 1 atom stereocenters. The summed E-state index contributed by atoms with van der Waals surface area (Å²) in [5.41, 5.74) is 6.76. The zero-order chi connectivity index (χ0) is 15.9. The van der Waals surface area contributed by atoms with Crippen LogP contribution in [0.3, 0.4) is 0 Å². The van der Waals surface area contributed by atoms with Crippen LogP contribution in [0.25, 0.3) is 11.2 Å². The largest absolute Gasteiger partial charge is 0.403 e. The van der Waals surface area contributed by atoms with Crippen LogP contribution >= 0.6 is 0 Å². The van der Waals surface area contributed by atoms with E-state index in [0.29, 0.717) is 43.2 Å². The summed E-state index contributed by atoms with van der Waals surface area (Å²) in [6, 6.07) is -1.45. The number of anilines is 2. The van der Waals surface area contributed by atoms with Gasteiger partial charge in [0.2, 0.25) is 5.95 Å². The van der Waals surface area contributed by atoms with Crippen LogP contribution in [0, 0.1) is 0 Å². The van der Waals surface area contributed by atoms with Crippen LogP contribution in [-0.2, 0) is 0 Å². The van der Waals surface area contributed by atoms with E-state index in [9.17, 15) is 13.2 Å². The molecular weight excluding hydrogens is 299 g/mol. The molecule has 3 heterocycles. The Morgan fingerprint density at radius 3 is 2.55 bits per heavy atom. The molecule has 1 aliphatic rings. The van der Waals surface area contributed by atoms with E-state index in [-0.39, 0.29) is 5.95 Å². The minimum absolute atomic E-state index is 0.0979. The molecule has 0 unspecified atom stereocenters. The Morgan fingerprint density at radius 1 is 1.23 bits per heavy atom. The summed E-state index contributed by atoms with van der Waals surface area (Å²) in [6.07, 6.45) is -2.72. The predicted octanol–water partition coefficient (Wildman–Crippen LogP) is 1.01. The number of nitrogens with one attached hydrogen (secondary N) is 1. The SMILES string of the molecule is C[C@H](N1CCN(c2nc(N)nc3nc[nH]c23)CC1)C(F)(F)F. The second-order valence-corrected chi connectivity index (χ2v) is 5.25. The Labute approximate surface area is 124 Å². The van der Waals surface area contributed by atoms with Gasteiger partial charge in [0, 0.05) is 26.2 Å². The number of fused-ring (bicyclic) bond motifs is 1. The first-order valence-electron chi connectivity index (χ1n) is 6.88. The number of halogens is 3. The van der Waals surface area contributed by atoms with Crippen LogP contribution in [0.15, 0.2) is 6.33 Å². The molecule has 0 aliphatic carbocycles. The number of nitrogen functional groups attached to an aromatic ring is 1. The van der Waals surface area contributed by atoms with Gasteiger partial charge in [0.05, 0.1) is 6.33 Å². The van der Waals surface area contributed by atoms with Crippen LogP contribution in [0.2, 0.25) is 0 Å². The first-order valence-corrected chi connectivity index (χ1v) is 6.88. The Morgan fingerprint density at radius 2 is 1.91 bits per heavy atom. The summed E-state index contributed by atoms with van der Waals surface area (Å²) >= 11 is 0. The van der Waals surface area contributed by atoms with E-state index < -0.39 is 12.2 Å². The lowest BCUT2D eigenvalue weighted by atomic mass is 10.2. The number of rotatable bonds is 2. The first kappa shape index (κ1) is 14.8. The van der Waals surface area contributed by atoms with E-state index in [0.717, 1.165) is 0 Å². The van der Waals surface area contributed by atoms with Crippen molar-refractivity contribution in [2.75, 3.05) is 36.8 Å². The number of aromatic amines is 1.